The Balaban J connectivity index is 1.33. The summed E-state index contributed by atoms with van der Waals surface area (Å²) in [5.74, 6) is 0.997. The number of benzene rings is 1. The third-order valence-corrected chi connectivity index (χ3v) is 5.59. The van der Waals surface area contributed by atoms with Crippen LogP contribution in [-0.2, 0) is 9.53 Å². The third-order valence-electron chi connectivity index (χ3n) is 4.82. The zero-order valence-electron chi connectivity index (χ0n) is 17.1. The number of rotatable bonds is 8. The minimum absolute atomic E-state index is 0.173. The van der Waals surface area contributed by atoms with Crippen LogP contribution < -0.4 is 20.3 Å². The van der Waals surface area contributed by atoms with Gasteiger partial charge >= 0.3 is 0 Å². The monoisotopic (exact) mass is 442 g/mol. The molecule has 0 spiro atoms. The normalized spacial score (nSPS) is 16.7. The van der Waals surface area contributed by atoms with Crippen molar-refractivity contribution < 1.29 is 14.3 Å². The van der Waals surface area contributed by atoms with Gasteiger partial charge in [-0.25, -0.2) is 4.98 Å². The van der Waals surface area contributed by atoms with E-state index < -0.39 is 6.10 Å². The molecule has 0 bridgehead atoms. The van der Waals surface area contributed by atoms with Gasteiger partial charge in [-0.1, -0.05) is 23.5 Å². The molecular formula is C19H22N8O3S. The van der Waals surface area contributed by atoms with Crippen LogP contribution in [0.15, 0.2) is 36.7 Å². The number of nitrogens with one attached hydrogen (secondary N) is 2. The van der Waals surface area contributed by atoms with Gasteiger partial charge in [0.2, 0.25) is 16.2 Å². The molecule has 1 saturated heterocycles. The summed E-state index contributed by atoms with van der Waals surface area (Å²) in [5.41, 5.74) is 0.715. The number of anilines is 3. The van der Waals surface area contributed by atoms with Gasteiger partial charge in [-0.05, 0) is 24.1 Å². The van der Waals surface area contributed by atoms with Gasteiger partial charge in [0.05, 0.1) is 19.5 Å². The van der Waals surface area contributed by atoms with E-state index >= 15 is 0 Å². The zero-order chi connectivity index (χ0) is 21.6. The van der Waals surface area contributed by atoms with E-state index in [2.05, 4.69) is 40.9 Å². The van der Waals surface area contributed by atoms with Gasteiger partial charge in [0, 0.05) is 26.2 Å². The van der Waals surface area contributed by atoms with Crippen LogP contribution in [0.5, 0.6) is 5.75 Å². The molecule has 4 rings (SSSR count). The van der Waals surface area contributed by atoms with E-state index in [1.807, 2.05) is 0 Å². The number of carbonyl (C=O) groups excluding carboxylic acids is 1. The summed E-state index contributed by atoms with van der Waals surface area (Å²) in [5, 5.41) is 23.3. The lowest BCUT2D eigenvalue weighted by Gasteiger charge is -2.15. The summed E-state index contributed by atoms with van der Waals surface area (Å²) in [6, 6.07) is 7.31. The van der Waals surface area contributed by atoms with Gasteiger partial charge in [-0.2, -0.15) is 5.10 Å². The fourth-order valence-corrected chi connectivity index (χ4v) is 4.02. The van der Waals surface area contributed by atoms with E-state index in [9.17, 15) is 4.79 Å². The summed E-state index contributed by atoms with van der Waals surface area (Å²) < 4.78 is 10.5. The van der Waals surface area contributed by atoms with Crippen molar-refractivity contribution in [2.24, 2.45) is 0 Å². The lowest BCUT2D eigenvalue weighted by atomic mass is 10.1. The predicted octanol–water partition coefficient (Wildman–Crippen LogP) is 1.75. The van der Waals surface area contributed by atoms with E-state index in [4.69, 9.17) is 9.47 Å². The second-order valence-electron chi connectivity index (χ2n) is 6.81. The van der Waals surface area contributed by atoms with Crippen LogP contribution in [0.25, 0.3) is 0 Å². The molecule has 1 aromatic carbocycles. The Labute approximate surface area is 182 Å². The van der Waals surface area contributed by atoms with E-state index in [0.29, 0.717) is 27.5 Å². The van der Waals surface area contributed by atoms with Crippen LogP contribution in [0.1, 0.15) is 18.1 Å². The number of carbonyl (C=O) groups is 1. The Morgan fingerprint density at radius 2 is 1.97 bits per heavy atom. The Bertz CT molecular complexity index is 1000. The molecule has 3 heterocycles. The highest BCUT2D eigenvalue weighted by atomic mass is 32.1. The number of hydrogen-bond acceptors (Lipinski definition) is 11. The first kappa shape index (κ1) is 20.9. The Morgan fingerprint density at radius 1 is 1.16 bits per heavy atom. The molecule has 2 atom stereocenters. The van der Waals surface area contributed by atoms with Gasteiger partial charge in [-0.15, -0.1) is 15.3 Å². The molecule has 0 saturated carbocycles. The first-order valence-electron chi connectivity index (χ1n) is 9.62. The SMILES string of the molecule is COc1ccc([C@H](OC)C(=O)Nc2nnc(N[C@@H]3CCN(c4nccnn4)C3)s2)cc1. The molecule has 1 amide bonds. The second kappa shape index (κ2) is 9.62. The Morgan fingerprint density at radius 3 is 2.68 bits per heavy atom. The maximum atomic E-state index is 12.7. The second-order valence-corrected chi connectivity index (χ2v) is 7.79. The third kappa shape index (κ3) is 5.03. The summed E-state index contributed by atoms with van der Waals surface area (Å²) in [6.45, 7) is 1.55. The lowest BCUT2D eigenvalue weighted by molar-refractivity contribution is -0.126. The molecular weight excluding hydrogens is 420 g/mol. The fourth-order valence-electron chi connectivity index (χ4n) is 3.30. The molecule has 31 heavy (non-hydrogen) atoms. The van der Waals surface area contributed by atoms with Crippen molar-refractivity contribution in [1.82, 2.24) is 25.4 Å². The molecule has 0 unspecified atom stereocenters. The summed E-state index contributed by atoms with van der Waals surface area (Å²) in [7, 11) is 3.08. The smallest absolute Gasteiger partial charge is 0.259 e. The first-order chi connectivity index (χ1) is 15.2. The van der Waals surface area contributed by atoms with E-state index in [-0.39, 0.29) is 11.9 Å². The van der Waals surface area contributed by atoms with Crippen molar-refractivity contribution in [3.8, 4) is 5.75 Å². The number of methoxy groups -OCH3 is 2. The van der Waals surface area contributed by atoms with Crippen molar-refractivity contribution in [1.29, 1.82) is 0 Å². The maximum Gasteiger partial charge on any atom is 0.259 e. The highest BCUT2D eigenvalue weighted by Gasteiger charge is 2.26. The van der Waals surface area contributed by atoms with Crippen LogP contribution in [0.2, 0.25) is 0 Å². The van der Waals surface area contributed by atoms with Crippen LogP contribution in [0.4, 0.5) is 16.2 Å². The van der Waals surface area contributed by atoms with E-state index in [1.54, 1.807) is 43.8 Å². The van der Waals surface area contributed by atoms with Gasteiger partial charge in [0.25, 0.3) is 5.91 Å². The summed E-state index contributed by atoms with van der Waals surface area (Å²) in [6.07, 6.45) is 3.31. The quantitative estimate of drug-likeness (QED) is 0.532. The molecule has 0 aliphatic carbocycles. The average Bonchev–Trinajstić information content (AvgIpc) is 3.45. The molecule has 2 aromatic heterocycles. The fraction of sp³-hybridized carbons (Fsp3) is 0.368. The van der Waals surface area contributed by atoms with Gasteiger partial charge in [-0.3, -0.25) is 10.1 Å². The molecule has 162 valence electrons. The average molecular weight is 443 g/mol. The number of aromatic nitrogens is 5. The van der Waals surface area contributed by atoms with Gasteiger partial charge in [0.1, 0.15) is 5.75 Å². The first-order valence-corrected chi connectivity index (χ1v) is 10.4. The molecule has 12 heteroatoms. The van der Waals surface area contributed by atoms with Crippen LogP contribution in [0, 0.1) is 0 Å². The number of hydrogen-bond donors (Lipinski definition) is 2. The van der Waals surface area contributed by atoms with Crippen molar-refractivity contribution in [2.75, 3.05) is 42.8 Å². The lowest BCUT2D eigenvalue weighted by Crippen LogP contribution is -2.27. The van der Waals surface area contributed by atoms with Crippen LogP contribution in [-0.4, -0.2) is 64.6 Å². The molecule has 1 aliphatic heterocycles. The molecule has 2 N–H and O–H groups in total. The largest absolute Gasteiger partial charge is 0.497 e. The molecule has 11 nitrogen and oxygen atoms in total. The number of nitrogens with zero attached hydrogens (tertiary/aromatic N) is 6. The minimum atomic E-state index is -0.769. The van der Waals surface area contributed by atoms with Crippen molar-refractivity contribution >= 4 is 33.5 Å². The number of ether oxygens (including phenoxy) is 2. The van der Waals surface area contributed by atoms with Crippen molar-refractivity contribution in [3.63, 3.8) is 0 Å². The highest BCUT2D eigenvalue weighted by Crippen LogP contribution is 2.26. The van der Waals surface area contributed by atoms with Crippen LogP contribution in [0.3, 0.4) is 0 Å². The van der Waals surface area contributed by atoms with Crippen molar-refractivity contribution in [3.05, 3.63) is 42.2 Å². The van der Waals surface area contributed by atoms with Gasteiger partial charge in [0.15, 0.2) is 6.10 Å². The topological polar surface area (TPSA) is 127 Å². The summed E-state index contributed by atoms with van der Waals surface area (Å²) >= 11 is 1.27. The Kier molecular flexibility index (Phi) is 6.48. The molecule has 0 radical (unpaired) electrons. The molecule has 3 aromatic rings. The van der Waals surface area contributed by atoms with E-state index in [0.717, 1.165) is 19.5 Å². The number of amides is 1. The van der Waals surface area contributed by atoms with Gasteiger partial charge < -0.3 is 19.7 Å². The Hall–Kier alpha value is -3.38. The minimum Gasteiger partial charge on any atom is -0.497 e. The molecule has 1 fully saturated rings. The van der Waals surface area contributed by atoms with E-state index in [1.165, 1.54) is 18.4 Å². The van der Waals surface area contributed by atoms with Crippen LogP contribution >= 0.6 is 11.3 Å². The molecule has 1 aliphatic rings. The highest BCUT2D eigenvalue weighted by molar-refractivity contribution is 7.19. The van der Waals surface area contributed by atoms with Crippen molar-refractivity contribution in [2.45, 2.75) is 18.6 Å². The standard InChI is InChI=1S/C19H22N8O3S/c1-29-14-5-3-12(4-6-14)15(30-2)16(28)23-19-26-25-18(31-19)22-13-7-10-27(11-13)17-20-8-9-21-24-17/h3-6,8-9,13,15H,7,10-11H2,1-2H3,(H,22,25)(H,23,26,28)/t13-,15+/m1/s1. The zero-order valence-corrected chi connectivity index (χ0v) is 17.9. The predicted molar refractivity (Wildman–Crippen MR) is 115 cm³/mol. The maximum absolute atomic E-state index is 12.7. The summed E-state index contributed by atoms with van der Waals surface area (Å²) in [4.78, 5) is 19.0.